The fraction of sp³-hybridized carbons (Fsp3) is 0.0714. The Hall–Kier alpha value is -1.65. The summed E-state index contributed by atoms with van der Waals surface area (Å²) < 4.78 is 0. The molecule has 3 aromatic rings. The molecule has 1 aromatic carbocycles. The third-order valence-corrected chi connectivity index (χ3v) is 4.44. The number of thiazole rings is 1. The summed E-state index contributed by atoms with van der Waals surface area (Å²) in [5.74, 6) is 0. The second-order valence-electron chi connectivity index (χ2n) is 3.96. The number of nitrogens with two attached hydrogens (primary N) is 1. The van der Waals surface area contributed by atoms with Gasteiger partial charge in [-0.1, -0.05) is 36.4 Å². The lowest BCUT2D eigenvalue weighted by Crippen LogP contribution is -1.87. The van der Waals surface area contributed by atoms with Gasteiger partial charge in [-0.25, -0.2) is 4.98 Å². The fourth-order valence-corrected chi connectivity index (χ4v) is 3.56. The molecule has 2 heterocycles. The molecule has 0 atom stereocenters. The normalized spacial score (nSPS) is 10.7. The van der Waals surface area contributed by atoms with E-state index in [0.29, 0.717) is 5.13 Å². The maximum atomic E-state index is 5.85. The van der Waals surface area contributed by atoms with Crippen molar-refractivity contribution in [2.75, 3.05) is 5.73 Å². The number of anilines is 1. The number of hydrogen-bond acceptors (Lipinski definition) is 4. The molecule has 0 bridgehead atoms. The van der Waals surface area contributed by atoms with Crippen molar-refractivity contribution in [2.45, 2.75) is 6.42 Å². The first-order chi connectivity index (χ1) is 8.83. The molecule has 0 aliphatic carbocycles. The van der Waals surface area contributed by atoms with E-state index in [1.54, 1.807) is 22.7 Å². The highest BCUT2D eigenvalue weighted by Crippen LogP contribution is 2.33. The van der Waals surface area contributed by atoms with E-state index in [1.165, 1.54) is 15.3 Å². The predicted molar refractivity (Wildman–Crippen MR) is 79.1 cm³/mol. The summed E-state index contributed by atoms with van der Waals surface area (Å²) in [6.45, 7) is 0. The molecule has 2 nitrogen and oxygen atoms in total. The highest BCUT2D eigenvalue weighted by atomic mass is 32.1. The minimum Gasteiger partial charge on any atom is -0.375 e. The zero-order valence-electron chi connectivity index (χ0n) is 9.67. The second kappa shape index (κ2) is 4.92. The summed E-state index contributed by atoms with van der Waals surface area (Å²) in [5, 5.41) is 2.71. The number of rotatable bonds is 3. The Balaban J connectivity index is 1.98. The predicted octanol–water partition coefficient (Wildman–Crippen LogP) is 4.04. The second-order valence-corrected chi connectivity index (χ2v) is 6.03. The molecule has 0 aliphatic heterocycles. The molecule has 18 heavy (non-hydrogen) atoms. The number of benzene rings is 1. The van der Waals surface area contributed by atoms with E-state index in [0.717, 1.165) is 12.1 Å². The van der Waals surface area contributed by atoms with Gasteiger partial charge in [0.2, 0.25) is 0 Å². The first-order valence-corrected chi connectivity index (χ1v) is 7.35. The smallest absolute Gasteiger partial charge is 0.180 e. The van der Waals surface area contributed by atoms with Crippen molar-refractivity contribution in [3.63, 3.8) is 0 Å². The van der Waals surface area contributed by atoms with Gasteiger partial charge in [0.1, 0.15) is 0 Å². The highest BCUT2D eigenvalue weighted by molar-refractivity contribution is 7.17. The van der Waals surface area contributed by atoms with Crippen molar-refractivity contribution in [1.29, 1.82) is 0 Å². The molecule has 3 rings (SSSR count). The minimum atomic E-state index is 0.643. The van der Waals surface area contributed by atoms with E-state index < -0.39 is 0 Å². The van der Waals surface area contributed by atoms with Gasteiger partial charge >= 0.3 is 0 Å². The summed E-state index contributed by atoms with van der Waals surface area (Å²) in [5.41, 5.74) is 8.18. The maximum absolute atomic E-state index is 5.85. The summed E-state index contributed by atoms with van der Waals surface area (Å²) in [7, 11) is 0. The number of thiophene rings is 1. The lowest BCUT2D eigenvalue weighted by Gasteiger charge is -2.00. The van der Waals surface area contributed by atoms with Crippen LogP contribution in [0.1, 0.15) is 10.4 Å². The van der Waals surface area contributed by atoms with E-state index in [-0.39, 0.29) is 0 Å². The van der Waals surface area contributed by atoms with Crippen molar-refractivity contribution in [3.8, 4) is 10.6 Å². The van der Waals surface area contributed by atoms with Crippen molar-refractivity contribution < 1.29 is 0 Å². The molecule has 0 saturated carbocycles. The van der Waals surface area contributed by atoms with E-state index in [9.17, 15) is 0 Å². The zero-order chi connectivity index (χ0) is 12.4. The SMILES string of the molecule is Nc1nc(-c2cccs2)c(Cc2ccccc2)s1. The lowest BCUT2D eigenvalue weighted by atomic mass is 10.1. The molecule has 0 saturated heterocycles. The minimum absolute atomic E-state index is 0.643. The molecule has 0 unspecified atom stereocenters. The van der Waals surface area contributed by atoms with Gasteiger partial charge in [-0.2, -0.15) is 0 Å². The van der Waals surface area contributed by atoms with Crippen LogP contribution in [0.25, 0.3) is 10.6 Å². The molecule has 0 spiro atoms. The summed E-state index contributed by atoms with van der Waals surface area (Å²) in [6, 6.07) is 14.6. The molecule has 2 N–H and O–H groups in total. The largest absolute Gasteiger partial charge is 0.375 e. The van der Waals surface area contributed by atoms with Crippen molar-refractivity contribution in [2.24, 2.45) is 0 Å². The molecule has 0 radical (unpaired) electrons. The van der Waals surface area contributed by atoms with Gasteiger partial charge in [-0.05, 0) is 17.0 Å². The van der Waals surface area contributed by atoms with Crippen molar-refractivity contribution in [3.05, 3.63) is 58.3 Å². The summed E-state index contributed by atoms with van der Waals surface area (Å²) >= 11 is 3.28. The van der Waals surface area contributed by atoms with Gasteiger partial charge in [-0.3, -0.25) is 0 Å². The average molecular weight is 272 g/mol. The van der Waals surface area contributed by atoms with Crippen molar-refractivity contribution in [1.82, 2.24) is 4.98 Å². The Morgan fingerprint density at radius 3 is 2.61 bits per heavy atom. The van der Waals surface area contributed by atoms with Gasteiger partial charge in [0.25, 0.3) is 0 Å². The third-order valence-electron chi connectivity index (χ3n) is 2.68. The van der Waals surface area contributed by atoms with Gasteiger partial charge in [0.05, 0.1) is 10.6 Å². The third kappa shape index (κ3) is 2.30. The Morgan fingerprint density at radius 1 is 1.06 bits per heavy atom. The van der Waals surface area contributed by atoms with Gasteiger partial charge in [0, 0.05) is 11.3 Å². The highest BCUT2D eigenvalue weighted by Gasteiger charge is 2.12. The zero-order valence-corrected chi connectivity index (χ0v) is 11.3. The van der Waals surface area contributed by atoms with Crippen molar-refractivity contribution >= 4 is 27.8 Å². The van der Waals surface area contributed by atoms with Crippen LogP contribution in [0.5, 0.6) is 0 Å². The van der Waals surface area contributed by atoms with Crippen LogP contribution in [0.4, 0.5) is 5.13 Å². The standard InChI is InChI=1S/C14H12N2S2/c15-14-16-13(11-7-4-8-17-11)12(18-14)9-10-5-2-1-3-6-10/h1-8H,9H2,(H2,15,16). The lowest BCUT2D eigenvalue weighted by molar-refractivity contribution is 1.22. The molecule has 90 valence electrons. The summed E-state index contributed by atoms with van der Waals surface area (Å²) in [6.07, 6.45) is 0.892. The van der Waals surface area contributed by atoms with E-state index in [1.807, 2.05) is 12.1 Å². The van der Waals surface area contributed by atoms with Crippen LogP contribution < -0.4 is 5.73 Å². The molecule has 0 amide bonds. The Morgan fingerprint density at radius 2 is 1.89 bits per heavy atom. The maximum Gasteiger partial charge on any atom is 0.180 e. The van der Waals surface area contributed by atoms with Gasteiger partial charge in [-0.15, -0.1) is 22.7 Å². The average Bonchev–Trinajstić information content (AvgIpc) is 3.00. The van der Waals surface area contributed by atoms with E-state index in [2.05, 4.69) is 40.7 Å². The molecular weight excluding hydrogens is 260 g/mol. The molecular formula is C14H12N2S2. The van der Waals surface area contributed by atoms with Crippen LogP contribution in [0.2, 0.25) is 0 Å². The van der Waals surface area contributed by atoms with E-state index in [4.69, 9.17) is 5.73 Å². The molecule has 0 fully saturated rings. The topological polar surface area (TPSA) is 38.9 Å². The Bertz CT molecular complexity index is 627. The monoisotopic (exact) mass is 272 g/mol. The van der Waals surface area contributed by atoms with Crippen LogP contribution in [-0.4, -0.2) is 4.98 Å². The van der Waals surface area contributed by atoms with Crippen LogP contribution in [-0.2, 0) is 6.42 Å². The van der Waals surface area contributed by atoms with Crippen LogP contribution in [0.3, 0.4) is 0 Å². The Kier molecular flexibility index (Phi) is 3.13. The number of aromatic nitrogens is 1. The molecule has 0 aliphatic rings. The summed E-state index contributed by atoms with van der Waals surface area (Å²) in [4.78, 5) is 6.88. The number of nitrogen functional groups attached to an aromatic ring is 1. The van der Waals surface area contributed by atoms with Crippen LogP contribution in [0.15, 0.2) is 47.8 Å². The fourth-order valence-electron chi connectivity index (χ4n) is 1.88. The van der Waals surface area contributed by atoms with Gasteiger partial charge in [0.15, 0.2) is 5.13 Å². The Labute approximate surface area is 114 Å². The number of hydrogen-bond donors (Lipinski definition) is 1. The first-order valence-electron chi connectivity index (χ1n) is 5.66. The van der Waals surface area contributed by atoms with E-state index >= 15 is 0 Å². The number of nitrogens with zero attached hydrogens (tertiary/aromatic N) is 1. The molecule has 2 aromatic heterocycles. The quantitative estimate of drug-likeness (QED) is 0.781. The molecule has 4 heteroatoms. The van der Waals surface area contributed by atoms with Crippen LogP contribution >= 0.6 is 22.7 Å². The van der Waals surface area contributed by atoms with Gasteiger partial charge < -0.3 is 5.73 Å². The first kappa shape index (κ1) is 11.4. The van der Waals surface area contributed by atoms with Crippen LogP contribution in [0, 0.1) is 0 Å².